The van der Waals surface area contributed by atoms with E-state index in [1.54, 1.807) is 18.1 Å². The summed E-state index contributed by atoms with van der Waals surface area (Å²) in [5, 5.41) is 6.33. The average Bonchev–Trinajstić information content (AvgIpc) is 2.72. The van der Waals surface area contributed by atoms with Gasteiger partial charge in [-0.3, -0.25) is 14.8 Å². The number of hydrogen-bond acceptors (Lipinski definition) is 3. The van der Waals surface area contributed by atoms with Gasteiger partial charge in [0, 0.05) is 45.5 Å². The Kier molecular flexibility index (Phi) is 8.83. The van der Waals surface area contributed by atoms with Crippen LogP contribution >= 0.6 is 0 Å². The van der Waals surface area contributed by atoms with Gasteiger partial charge in [0.1, 0.15) is 0 Å². The van der Waals surface area contributed by atoms with E-state index in [0.29, 0.717) is 12.5 Å². The highest BCUT2D eigenvalue weighted by molar-refractivity contribution is 5.86. The van der Waals surface area contributed by atoms with E-state index in [1.165, 1.54) is 5.56 Å². The summed E-state index contributed by atoms with van der Waals surface area (Å²) in [6.45, 7) is 1.66. The molecule has 0 fully saturated rings. The van der Waals surface area contributed by atoms with Crippen molar-refractivity contribution in [1.82, 2.24) is 20.5 Å². The molecule has 1 heterocycles. The molecule has 0 aliphatic carbocycles. The highest BCUT2D eigenvalue weighted by atomic mass is 16.2. The van der Waals surface area contributed by atoms with Gasteiger partial charge in [0.15, 0.2) is 5.96 Å². The Morgan fingerprint density at radius 2 is 1.85 bits per heavy atom. The maximum atomic E-state index is 12.3. The first-order valence-corrected chi connectivity index (χ1v) is 9.31. The molecule has 6 nitrogen and oxygen atoms in total. The van der Waals surface area contributed by atoms with Crippen LogP contribution in [0.1, 0.15) is 17.7 Å². The zero-order chi connectivity index (χ0) is 19.3. The van der Waals surface area contributed by atoms with Gasteiger partial charge in [-0.05, 0) is 30.5 Å². The number of aryl methyl sites for hydroxylation is 1. The molecule has 0 unspecified atom stereocenters. The van der Waals surface area contributed by atoms with E-state index in [2.05, 4.69) is 44.9 Å². The molecular weight excluding hydrogens is 338 g/mol. The van der Waals surface area contributed by atoms with E-state index in [4.69, 9.17) is 0 Å². The number of aromatic nitrogens is 1. The van der Waals surface area contributed by atoms with Crippen LogP contribution in [-0.4, -0.2) is 55.5 Å². The van der Waals surface area contributed by atoms with Crippen molar-refractivity contribution < 1.29 is 4.79 Å². The lowest BCUT2D eigenvalue weighted by Gasteiger charge is -2.18. The molecule has 0 bridgehead atoms. The fourth-order valence-electron chi connectivity index (χ4n) is 2.61. The first-order valence-electron chi connectivity index (χ1n) is 9.31. The van der Waals surface area contributed by atoms with Gasteiger partial charge in [-0.25, -0.2) is 0 Å². The van der Waals surface area contributed by atoms with Gasteiger partial charge in [0.25, 0.3) is 0 Å². The lowest BCUT2D eigenvalue weighted by molar-refractivity contribution is -0.128. The third kappa shape index (κ3) is 7.90. The number of aliphatic imine (C=N–C) groups is 1. The molecule has 0 saturated carbocycles. The highest BCUT2D eigenvalue weighted by Crippen LogP contribution is 2.01. The Morgan fingerprint density at radius 1 is 1.07 bits per heavy atom. The highest BCUT2D eigenvalue weighted by Gasteiger charge is 2.09. The summed E-state index contributed by atoms with van der Waals surface area (Å²) >= 11 is 0. The van der Waals surface area contributed by atoms with Gasteiger partial charge in [-0.1, -0.05) is 36.4 Å². The van der Waals surface area contributed by atoms with Crippen molar-refractivity contribution in [2.24, 2.45) is 4.99 Å². The molecule has 1 aromatic heterocycles. The quantitative estimate of drug-likeness (QED) is 0.403. The molecule has 2 aromatic rings. The molecule has 0 saturated heterocycles. The summed E-state index contributed by atoms with van der Waals surface area (Å²) in [6.07, 6.45) is 4.53. The van der Waals surface area contributed by atoms with Gasteiger partial charge >= 0.3 is 0 Å². The van der Waals surface area contributed by atoms with Crippen LogP contribution in [0.25, 0.3) is 0 Å². The smallest absolute Gasteiger partial charge is 0.241 e. The van der Waals surface area contributed by atoms with Crippen molar-refractivity contribution >= 4 is 11.9 Å². The monoisotopic (exact) mass is 367 g/mol. The molecule has 27 heavy (non-hydrogen) atoms. The number of nitrogens with zero attached hydrogens (tertiary/aromatic N) is 3. The molecule has 6 heteroatoms. The number of amides is 1. The molecule has 144 valence electrons. The number of carbonyl (C=O) groups is 1. The van der Waals surface area contributed by atoms with E-state index in [-0.39, 0.29) is 12.5 Å². The summed E-state index contributed by atoms with van der Waals surface area (Å²) < 4.78 is 0. The summed E-state index contributed by atoms with van der Waals surface area (Å²) in [7, 11) is 3.52. The molecule has 0 spiro atoms. The van der Waals surface area contributed by atoms with Gasteiger partial charge in [-0.2, -0.15) is 0 Å². The largest absolute Gasteiger partial charge is 0.356 e. The summed E-state index contributed by atoms with van der Waals surface area (Å²) in [6, 6.07) is 16.2. The summed E-state index contributed by atoms with van der Waals surface area (Å²) in [4.78, 5) is 22.4. The number of carbonyl (C=O) groups excluding carboxylic acids is 1. The van der Waals surface area contributed by atoms with Crippen LogP contribution in [0.5, 0.6) is 0 Å². The SMILES string of the molecule is CN=C(NCCCc1ccccc1)NCC(=O)N(C)CCc1ccccn1. The minimum absolute atomic E-state index is 0.0261. The van der Waals surface area contributed by atoms with Crippen LogP contribution in [-0.2, 0) is 17.6 Å². The molecule has 0 atom stereocenters. The first-order chi connectivity index (χ1) is 13.2. The zero-order valence-corrected chi connectivity index (χ0v) is 16.2. The summed E-state index contributed by atoms with van der Waals surface area (Å²) in [5.74, 6) is 0.674. The maximum Gasteiger partial charge on any atom is 0.241 e. The Morgan fingerprint density at radius 3 is 2.56 bits per heavy atom. The fourth-order valence-corrected chi connectivity index (χ4v) is 2.61. The number of nitrogens with one attached hydrogen (secondary N) is 2. The molecule has 2 rings (SSSR count). The number of pyridine rings is 1. The molecular formula is C21H29N5O. The second-order valence-corrected chi connectivity index (χ2v) is 6.33. The standard InChI is InChI=1S/C21H29N5O/c1-22-21(24-15-8-11-18-9-4-3-5-10-18)25-17-20(27)26(2)16-13-19-12-6-7-14-23-19/h3-7,9-10,12,14H,8,11,13,15-17H2,1-2H3,(H2,22,24,25). The second kappa shape index (κ2) is 11.7. The van der Waals surface area contributed by atoms with Crippen LogP contribution in [0.2, 0.25) is 0 Å². The Bertz CT molecular complexity index is 703. The number of hydrogen-bond donors (Lipinski definition) is 2. The van der Waals surface area contributed by atoms with Crippen LogP contribution in [0.4, 0.5) is 0 Å². The topological polar surface area (TPSA) is 69.6 Å². The van der Waals surface area contributed by atoms with Gasteiger partial charge in [0.05, 0.1) is 6.54 Å². The predicted molar refractivity (Wildman–Crippen MR) is 110 cm³/mol. The van der Waals surface area contributed by atoms with Crippen molar-refractivity contribution in [3.63, 3.8) is 0 Å². The first kappa shape index (κ1) is 20.4. The molecule has 0 aliphatic heterocycles. The van der Waals surface area contributed by atoms with Crippen molar-refractivity contribution in [3.05, 3.63) is 66.0 Å². The third-order valence-electron chi connectivity index (χ3n) is 4.26. The molecule has 0 aliphatic rings. The van der Waals surface area contributed by atoms with Crippen LogP contribution < -0.4 is 10.6 Å². The molecule has 0 radical (unpaired) electrons. The van der Waals surface area contributed by atoms with Gasteiger partial charge in [-0.15, -0.1) is 0 Å². The minimum atomic E-state index is 0.0261. The van der Waals surface area contributed by atoms with E-state index >= 15 is 0 Å². The Hall–Kier alpha value is -2.89. The maximum absolute atomic E-state index is 12.3. The van der Waals surface area contributed by atoms with Crippen LogP contribution in [0, 0.1) is 0 Å². The predicted octanol–water partition coefficient (Wildman–Crippen LogP) is 1.88. The van der Waals surface area contributed by atoms with E-state index < -0.39 is 0 Å². The third-order valence-corrected chi connectivity index (χ3v) is 4.26. The van der Waals surface area contributed by atoms with Crippen molar-refractivity contribution in [2.75, 3.05) is 33.7 Å². The van der Waals surface area contributed by atoms with E-state index in [9.17, 15) is 4.79 Å². The Labute approximate surface area is 161 Å². The van der Waals surface area contributed by atoms with Crippen molar-refractivity contribution in [2.45, 2.75) is 19.3 Å². The van der Waals surface area contributed by atoms with E-state index in [0.717, 1.165) is 31.5 Å². The molecule has 1 aromatic carbocycles. The number of rotatable bonds is 9. The van der Waals surface area contributed by atoms with Crippen LogP contribution in [0.15, 0.2) is 59.7 Å². The normalized spacial score (nSPS) is 11.1. The Balaban J connectivity index is 1.63. The lowest BCUT2D eigenvalue weighted by atomic mass is 10.1. The van der Waals surface area contributed by atoms with Crippen molar-refractivity contribution in [1.29, 1.82) is 0 Å². The van der Waals surface area contributed by atoms with Gasteiger partial charge < -0.3 is 15.5 Å². The average molecular weight is 367 g/mol. The number of guanidine groups is 1. The van der Waals surface area contributed by atoms with Gasteiger partial charge in [0.2, 0.25) is 5.91 Å². The minimum Gasteiger partial charge on any atom is -0.356 e. The fraction of sp³-hybridized carbons (Fsp3) is 0.381. The molecule has 2 N–H and O–H groups in total. The second-order valence-electron chi connectivity index (χ2n) is 6.33. The zero-order valence-electron chi connectivity index (χ0n) is 16.2. The lowest BCUT2D eigenvalue weighted by Crippen LogP contribution is -2.44. The molecule has 1 amide bonds. The van der Waals surface area contributed by atoms with Crippen molar-refractivity contribution in [3.8, 4) is 0 Å². The van der Waals surface area contributed by atoms with E-state index in [1.807, 2.05) is 31.3 Å². The summed E-state index contributed by atoms with van der Waals surface area (Å²) in [5.41, 5.74) is 2.31. The number of likely N-dealkylation sites (N-methyl/N-ethyl adjacent to an activating group) is 1. The number of benzene rings is 1. The van der Waals surface area contributed by atoms with Crippen LogP contribution in [0.3, 0.4) is 0 Å².